The summed E-state index contributed by atoms with van der Waals surface area (Å²) >= 11 is 0. The second kappa shape index (κ2) is 2.40. The Labute approximate surface area is 63.2 Å². The number of ether oxygens (including phenoxy) is 2. The van der Waals surface area contributed by atoms with Gasteiger partial charge in [-0.3, -0.25) is 0 Å². The topological polar surface area (TPSA) is 79.2 Å². The number of fused-ring (bicyclic) bond motifs is 2. The molecule has 2 saturated heterocycles. The van der Waals surface area contributed by atoms with Gasteiger partial charge in [0.2, 0.25) is 0 Å². The highest BCUT2D eigenvalue weighted by Gasteiger charge is 2.48. The minimum atomic E-state index is -1.15. The normalized spacial score (nSPS) is 56.5. The quantitative estimate of drug-likeness (QED) is 0.354. The van der Waals surface area contributed by atoms with Gasteiger partial charge >= 0.3 is 0 Å². The van der Waals surface area contributed by atoms with Gasteiger partial charge in [-0.15, -0.1) is 0 Å². The number of aliphatic hydroxyl groups excluding tert-OH is 3. The van der Waals surface area contributed by atoms with Gasteiger partial charge in [-0.25, -0.2) is 0 Å². The van der Waals surface area contributed by atoms with Crippen molar-refractivity contribution in [2.45, 2.75) is 30.7 Å². The van der Waals surface area contributed by atoms with Crippen LogP contribution in [0.3, 0.4) is 0 Å². The lowest BCUT2D eigenvalue weighted by Crippen LogP contribution is -2.53. The molecule has 64 valence electrons. The Kier molecular flexibility index (Phi) is 1.62. The molecule has 0 aromatic rings. The molecule has 5 atom stereocenters. The molecule has 2 rings (SSSR count). The average Bonchev–Trinajstić information content (AvgIpc) is 2.44. The van der Waals surface area contributed by atoms with Gasteiger partial charge in [0.25, 0.3) is 0 Å². The van der Waals surface area contributed by atoms with Crippen molar-refractivity contribution in [1.82, 2.24) is 0 Å². The van der Waals surface area contributed by atoms with Crippen LogP contribution in [-0.2, 0) is 9.47 Å². The van der Waals surface area contributed by atoms with Crippen LogP contribution >= 0.6 is 0 Å². The van der Waals surface area contributed by atoms with E-state index in [1.165, 1.54) is 0 Å². The third kappa shape index (κ3) is 0.969. The summed E-state index contributed by atoms with van der Waals surface area (Å²) in [7, 11) is 0. The lowest BCUT2D eigenvalue weighted by atomic mass is 10.0. The minimum absolute atomic E-state index is 0.236. The third-order valence-corrected chi connectivity index (χ3v) is 2.09. The molecule has 0 spiro atoms. The van der Waals surface area contributed by atoms with Crippen molar-refractivity contribution in [3.8, 4) is 0 Å². The summed E-state index contributed by atoms with van der Waals surface area (Å²) in [5.74, 6) is 0. The molecule has 3 N–H and O–H groups in total. The van der Waals surface area contributed by atoms with Gasteiger partial charge in [-0.2, -0.15) is 0 Å². The largest absolute Gasteiger partial charge is 0.387 e. The molecule has 2 bridgehead atoms. The molecule has 2 aliphatic rings. The highest BCUT2D eigenvalue weighted by atomic mass is 16.8. The summed E-state index contributed by atoms with van der Waals surface area (Å²) in [6, 6.07) is 0. The summed E-state index contributed by atoms with van der Waals surface area (Å²) < 4.78 is 9.95. The first kappa shape index (κ1) is 7.45. The Balaban J connectivity index is 2.16. The number of hydrogen-bond donors (Lipinski definition) is 3. The van der Waals surface area contributed by atoms with E-state index in [4.69, 9.17) is 14.6 Å². The Morgan fingerprint density at radius 3 is 2.45 bits per heavy atom. The highest BCUT2D eigenvalue weighted by molar-refractivity contribution is 4.92. The molecule has 2 fully saturated rings. The summed E-state index contributed by atoms with van der Waals surface area (Å²) in [6.45, 7) is 0.236. The fourth-order valence-electron chi connectivity index (χ4n) is 1.38. The van der Waals surface area contributed by atoms with Crippen molar-refractivity contribution < 1.29 is 24.8 Å². The predicted molar refractivity (Wildman–Crippen MR) is 32.6 cm³/mol. The smallest absolute Gasteiger partial charge is 0.186 e. The number of aliphatic hydroxyl groups is 3. The second-order valence-corrected chi connectivity index (χ2v) is 2.85. The highest BCUT2D eigenvalue weighted by Crippen LogP contribution is 2.27. The molecule has 0 amide bonds. The van der Waals surface area contributed by atoms with Crippen molar-refractivity contribution in [1.29, 1.82) is 0 Å². The SMILES string of the molecule is O[C@@H]1[C@@H](O)[C@@H]2O[13CH2][C@@H](O2)[C@H]1O. The first-order valence-electron chi connectivity index (χ1n) is 3.51. The Hall–Kier alpha value is -0.200. The van der Waals surface area contributed by atoms with Gasteiger partial charge in [0, 0.05) is 0 Å². The lowest BCUT2D eigenvalue weighted by molar-refractivity contribution is -0.228. The standard InChI is InChI=1S/C6H10O5/c7-3-2-1-10-6(11-2)5(9)4(3)8/h2-9H,1H2/t2-,3-,4+,5-,6-/m1/s1/i1+1. The first-order valence-corrected chi connectivity index (χ1v) is 3.51. The van der Waals surface area contributed by atoms with Gasteiger partial charge < -0.3 is 24.8 Å². The molecule has 0 aromatic heterocycles. The average molecular weight is 163 g/mol. The van der Waals surface area contributed by atoms with Crippen molar-refractivity contribution in [3.63, 3.8) is 0 Å². The molecule has 0 aliphatic carbocycles. The monoisotopic (exact) mass is 163 g/mol. The maximum Gasteiger partial charge on any atom is 0.186 e. The van der Waals surface area contributed by atoms with Gasteiger partial charge in [0.1, 0.15) is 24.4 Å². The number of hydrogen-bond acceptors (Lipinski definition) is 5. The van der Waals surface area contributed by atoms with Crippen molar-refractivity contribution in [2.24, 2.45) is 0 Å². The maximum absolute atomic E-state index is 9.22. The molecule has 5 nitrogen and oxygen atoms in total. The summed E-state index contributed by atoms with van der Waals surface area (Å²) in [5, 5.41) is 27.6. The molecular weight excluding hydrogens is 153 g/mol. The third-order valence-electron chi connectivity index (χ3n) is 2.09. The van der Waals surface area contributed by atoms with Crippen LogP contribution in [-0.4, -0.2) is 52.6 Å². The van der Waals surface area contributed by atoms with Gasteiger partial charge in [0.15, 0.2) is 6.29 Å². The van der Waals surface area contributed by atoms with Crippen LogP contribution < -0.4 is 0 Å². The lowest BCUT2D eigenvalue weighted by Gasteiger charge is -2.32. The fourth-order valence-corrected chi connectivity index (χ4v) is 1.38. The van der Waals surface area contributed by atoms with Crippen LogP contribution in [0.15, 0.2) is 0 Å². The molecule has 2 aliphatic heterocycles. The summed E-state index contributed by atoms with van der Waals surface area (Å²) in [6.07, 6.45) is -4.58. The van der Waals surface area contributed by atoms with E-state index in [1.807, 2.05) is 0 Å². The van der Waals surface area contributed by atoms with Crippen molar-refractivity contribution in [3.05, 3.63) is 0 Å². The summed E-state index contributed by atoms with van der Waals surface area (Å²) in [5.41, 5.74) is 0. The van der Waals surface area contributed by atoms with Gasteiger partial charge in [-0.05, 0) is 0 Å². The Morgan fingerprint density at radius 2 is 1.73 bits per heavy atom. The maximum atomic E-state index is 9.22. The molecule has 0 aromatic carbocycles. The molecule has 11 heavy (non-hydrogen) atoms. The van der Waals surface area contributed by atoms with Crippen molar-refractivity contribution >= 4 is 0 Å². The van der Waals surface area contributed by atoms with Crippen LogP contribution in [0.4, 0.5) is 0 Å². The van der Waals surface area contributed by atoms with Crippen molar-refractivity contribution in [2.75, 3.05) is 6.61 Å². The van der Waals surface area contributed by atoms with Crippen LogP contribution in [0, 0.1) is 0 Å². The van der Waals surface area contributed by atoms with E-state index in [0.717, 1.165) is 0 Å². The zero-order chi connectivity index (χ0) is 8.01. The number of rotatable bonds is 0. The minimum Gasteiger partial charge on any atom is -0.387 e. The van der Waals surface area contributed by atoms with Crippen LogP contribution in [0.2, 0.25) is 0 Å². The molecule has 0 unspecified atom stereocenters. The van der Waals surface area contributed by atoms with E-state index in [2.05, 4.69) is 0 Å². The molecular formula is C6H10O5. The van der Waals surface area contributed by atoms with Crippen LogP contribution in [0.5, 0.6) is 0 Å². The summed E-state index contributed by atoms with van der Waals surface area (Å²) in [4.78, 5) is 0. The van der Waals surface area contributed by atoms with Crippen LogP contribution in [0.1, 0.15) is 0 Å². The Morgan fingerprint density at radius 1 is 1.00 bits per heavy atom. The zero-order valence-corrected chi connectivity index (χ0v) is 5.75. The van der Waals surface area contributed by atoms with E-state index in [0.29, 0.717) is 0 Å². The predicted octanol–water partition coefficient (Wildman–Crippen LogP) is -2.18. The van der Waals surface area contributed by atoms with E-state index in [9.17, 15) is 10.2 Å². The fraction of sp³-hybridized carbons (Fsp3) is 1.00. The first-order chi connectivity index (χ1) is 5.20. The van der Waals surface area contributed by atoms with E-state index < -0.39 is 30.7 Å². The molecule has 5 heteroatoms. The molecule has 0 radical (unpaired) electrons. The van der Waals surface area contributed by atoms with Gasteiger partial charge in [0.05, 0.1) is 6.61 Å². The Bertz CT molecular complexity index is 141. The van der Waals surface area contributed by atoms with E-state index >= 15 is 0 Å². The van der Waals surface area contributed by atoms with Crippen LogP contribution in [0.25, 0.3) is 0 Å². The van der Waals surface area contributed by atoms with Gasteiger partial charge in [-0.1, -0.05) is 0 Å². The molecule has 0 saturated carbocycles. The molecule has 2 heterocycles. The van der Waals surface area contributed by atoms with E-state index in [1.54, 1.807) is 0 Å². The zero-order valence-electron chi connectivity index (χ0n) is 5.75. The van der Waals surface area contributed by atoms with E-state index in [-0.39, 0.29) is 6.61 Å². The second-order valence-electron chi connectivity index (χ2n) is 2.85.